The Labute approximate surface area is 130 Å². The van der Waals surface area contributed by atoms with Crippen LogP contribution in [0.15, 0.2) is 40.9 Å². The third kappa shape index (κ3) is 3.78. The molecule has 0 spiro atoms. The van der Waals surface area contributed by atoms with Crippen LogP contribution in [-0.4, -0.2) is 7.11 Å². The van der Waals surface area contributed by atoms with Gasteiger partial charge in [0.2, 0.25) is 0 Å². The molecule has 3 N–H and O–H groups in total. The van der Waals surface area contributed by atoms with Crippen LogP contribution in [0.2, 0.25) is 0 Å². The standard InChI is InChI=1S/C15H15BrF2N2O/c1-21-11-3-4-13(16)9(6-11)7-15(20-19)12-8-10(17)2-5-14(12)18/h2-6,8,15,20H,7,19H2,1H3. The minimum atomic E-state index is -0.552. The number of ether oxygens (including phenoxy) is 1. The maximum absolute atomic E-state index is 13.9. The topological polar surface area (TPSA) is 47.3 Å². The highest BCUT2D eigenvalue weighted by Gasteiger charge is 2.17. The molecule has 112 valence electrons. The first-order valence-corrected chi connectivity index (χ1v) is 7.08. The van der Waals surface area contributed by atoms with Gasteiger partial charge in [-0.25, -0.2) is 8.78 Å². The number of nitrogens with one attached hydrogen (secondary N) is 1. The van der Waals surface area contributed by atoms with Crippen molar-refractivity contribution in [1.82, 2.24) is 5.43 Å². The lowest BCUT2D eigenvalue weighted by molar-refractivity contribution is 0.413. The van der Waals surface area contributed by atoms with Gasteiger partial charge in [0.05, 0.1) is 13.2 Å². The Kier molecular flexibility index (Phi) is 5.27. The molecule has 2 aromatic rings. The quantitative estimate of drug-likeness (QED) is 0.636. The summed E-state index contributed by atoms with van der Waals surface area (Å²) in [6.45, 7) is 0. The summed E-state index contributed by atoms with van der Waals surface area (Å²) in [4.78, 5) is 0. The maximum atomic E-state index is 13.9. The molecule has 0 heterocycles. The minimum absolute atomic E-state index is 0.187. The zero-order chi connectivity index (χ0) is 15.4. The maximum Gasteiger partial charge on any atom is 0.128 e. The van der Waals surface area contributed by atoms with E-state index in [-0.39, 0.29) is 5.56 Å². The molecular formula is C15H15BrF2N2O. The molecule has 1 atom stereocenters. The molecule has 1 unspecified atom stereocenters. The number of hydrazine groups is 1. The van der Waals surface area contributed by atoms with E-state index in [4.69, 9.17) is 10.6 Å². The lowest BCUT2D eigenvalue weighted by Gasteiger charge is -2.18. The summed E-state index contributed by atoms with van der Waals surface area (Å²) < 4.78 is 33.2. The zero-order valence-corrected chi connectivity index (χ0v) is 13.0. The molecule has 3 nitrogen and oxygen atoms in total. The average molecular weight is 357 g/mol. The fourth-order valence-corrected chi connectivity index (χ4v) is 2.50. The molecule has 0 amide bonds. The molecule has 0 aromatic heterocycles. The number of nitrogens with two attached hydrogens (primary N) is 1. The molecule has 0 saturated heterocycles. The Morgan fingerprint density at radius 3 is 2.67 bits per heavy atom. The third-order valence-electron chi connectivity index (χ3n) is 3.21. The van der Waals surface area contributed by atoms with E-state index in [9.17, 15) is 8.78 Å². The van der Waals surface area contributed by atoms with E-state index in [0.717, 1.165) is 28.2 Å². The van der Waals surface area contributed by atoms with Crippen LogP contribution >= 0.6 is 15.9 Å². The average Bonchev–Trinajstić information content (AvgIpc) is 2.49. The minimum Gasteiger partial charge on any atom is -0.497 e. The molecule has 0 saturated carbocycles. The molecule has 0 radical (unpaired) electrons. The second-order valence-electron chi connectivity index (χ2n) is 4.55. The highest BCUT2D eigenvalue weighted by atomic mass is 79.9. The molecule has 2 rings (SSSR count). The molecule has 0 aliphatic carbocycles. The van der Waals surface area contributed by atoms with Crippen LogP contribution in [0.1, 0.15) is 17.2 Å². The van der Waals surface area contributed by atoms with Crippen LogP contribution in [0.4, 0.5) is 8.78 Å². The highest BCUT2D eigenvalue weighted by Crippen LogP contribution is 2.28. The van der Waals surface area contributed by atoms with Gasteiger partial charge in [0.25, 0.3) is 0 Å². The van der Waals surface area contributed by atoms with E-state index in [1.54, 1.807) is 13.2 Å². The lowest BCUT2D eigenvalue weighted by atomic mass is 9.98. The van der Waals surface area contributed by atoms with Gasteiger partial charge in [-0.3, -0.25) is 11.3 Å². The van der Waals surface area contributed by atoms with Crippen LogP contribution in [0.3, 0.4) is 0 Å². The second kappa shape index (κ2) is 6.98. The van der Waals surface area contributed by atoms with Crippen molar-refractivity contribution in [3.63, 3.8) is 0 Å². The van der Waals surface area contributed by atoms with Gasteiger partial charge in [0.15, 0.2) is 0 Å². The van der Waals surface area contributed by atoms with Crippen molar-refractivity contribution in [3.8, 4) is 5.75 Å². The Bertz CT molecular complexity index is 637. The van der Waals surface area contributed by atoms with E-state index < -0.39 is 17.7 Å². The fraction of sp³-hybridized carbons (Fsp3) is 0.200. The fourth-order valence-electron chi connectivity index (χ4n) is 2.09. The smallest absolute Gasteiger partial charge is 0.128 e. The summed E-state index contributed by atoms with van der Waals surface area (Å²) >= 11 is 3.43. The van der Waals surface area contributed by atoms with Crippen molar-refractivity contribution < 1.29 is 13.5 Å². The lowest BCUT2D eigenvalue weighted by Crippen LogP contribution is -2.30. The van der Waals surface area contributed by atoms with Crippen molar-refractivity contribution in [1.29, 1.82) is 0 Å². The first kappa shape index (κ1) is 15.9. The van der Waals surface area contributed by atoms with Crippen molar-refractivity contribution in [2.24, 2.45) is 5.84 Å². The Morgan fingerprint density at radius 1 is 1.24 bits per heavy atom. The molecule has 0 bridgehead atoms. The van der Waals surface area contributed by atoms with Crippen molar-refractivity contribution >= 4 is 15.9 Å². The molecular weight excluding hydrogens is 342 g/mol. The van der Waals surface area contributed by atoms with Crippen LogP contribution < -0.4 is 16.0 Å². The highest BCUT2D eigenvalue weighted by molar-refractivity contribution is 9.10. The first-order chi connectivity index (χ1) is 10.0. The Hall–Kier alpha value is -1.50. The predicted octanol–water partition coefficient (Wildman–Crippen LogP) is 3.48. The van der Waals surface area contributed by atoms with Crippen LogP contribution in [0, 0.1) is 11.6 Å². The summed E-state index contributed by atoms with van der Waals surface area (Å²) in [6, 6.07) is 8.23. The van der Waals surface area contributed by atoms with Gasteiger partial charge < -0.3 is 4.74 Å². The van der Waals surface area contributed by atoms with Gasteiger partial charge in [-0.15, -0.1) is 0 Å². The SMILES string of the molecule is COc1ccc(Br)c(CC(NN)c2cc(F)ccc2F)c1. The molecule has 0 aliphatic heterocycles. The Morgan fingerprint density at radius 2 is 2.00 bits per heavy atom. The van der Waals surface area contributed by atoms with Crippen LogP contribution in [0.5, 0.6) is 5.75 Å². The molecule has 0 aliphatic rings. The van der Waals surface area contributed by atoms with Crippen molar-refractivity contribution in [2.45, 2.75) is 12.5 Å². The predicted molar refractivity (Wildman–Crippen MR) is 80.8 cm³/mol. The summed E-state index contributed by atoms with van der Waals surface area (Å²) in [5, 5.41) is 0. The van der Waals surface area contributed by atoms with E-state index in [1.165, 1.54) is 0 Å². The number of methoxy groups -OCH3 is 1. The molecule has 21 heavy (non-hydrogen) atoms. The van der Waals surface area contributed by atoms with E-state index >= 15 is 0 Å². The van der Waals surface area contributed by atoms with Crippen molar-refractivity contribution in [2.75, 3.05) is 7.11 Å². The third-order valence-corrected chi connectivity index (χ3v) is 3.99. The van der Waals surface area contributed by atoms with E-state index in [0.29, 0.717) is 12.2 Å². The number of hydrogen-bond acceptors (Lipinski definition) is 3. The van der Waals surface area contributed by atoms with Gasteiger partial charge in [0, 0.05) is 10.0 Å². The summed E-state index contributed by atoms with van der Waals surface area (Å²) in [5.74, 6) is 5.19. The molecule has 0 fully saturated rings. The molecule has 2 aromatic carbocycles. The van der Waals surface area contributed by atoms with Crippen LogP contribution in [0.25, 0.3) is 0 Å². The van der Waals surface area contributed by atoms with Gasteiger partial charge in [-0.05, 0) is 48.4 Å². The summed E-state index contributed by atoms with van der Waals surface area (Å²) in [7, 11) is 1.57. The second-order valence-corrected chi connectivity index (χ2v) is 5.40. The summed E-state index contributed by atoms with van der Waals surface area (Å²) in [5.41, 5.74) is 3.59. The summed E-state index contributed by atoms with van der Waals surface area (Å²) in [6.07, 6.45) is 0.384. The van der Waals surface area contributed by atoms with Gasteiger partial charge in [0.1, 0.15) is 17.4 Å². The van der Waals surface area contributed by atoms with E-state index in [1.807, 2.05) is 12.1 Å². The van der Waals surface area contributed by atoms with Gasteiger partial charge in [-0.2, -0.15) is 0 Å². The number of halogens is 3. The number of rotatable bonds is 5. The monoisotopic (exact) mass is 356 g/mol. The van der Waals surface area contributed by atoms with Crippen LogP contribution in [-0.2, 0) is 6.42 Å². The van der Waals surface area contributed by atoms with Crippen molar-refractivity contribution in [3.05, 3.63) is 63.6 Å². The number of benzene rings is 2. The largest absolute Gasteiger partial charge is 0.497 e. The normalized spacial score (nSPS) is 12.2. The molecule has 6 heteroatoms. The van der Waals surface area contributed by atoms with Gasteiger partial charge >= 0.3 is 0 Å². The Balaban J connectivity index is 2.33. The first-order valence-electron chi connectivity index (χ1n) is 6.28. The van der Waals surface area contributed by atoms with E-state index in [2.05, 4.69) is 21.4 Å². The zero-order valence-electron chi connectivity index (χ0n) is 11.4. The van der Waals surface area contributed by atoms with Gasteiger partial charge in [-0.1, -0.05) is 15.9 Å². The number of hydrogen-bond donors (Lipinski definition) is 2.